The minimum absolute atomic E-state index is 1.01. The molecule has 0 fully saturated rings. The summed E-state index contributed by atoms with van der Waals surface area (Å²) in [6, 6.07) is 5.98. The molecule has 0 N–H and O–H groups in total. The van der Waals surface area contributed by atoms with Gasteiger partial charge in [-0.05, 0) is 23.4 Å². The number of hydrogen-bond acceptors (Lipinski definition) is 1. The van der Waals surface area contributed by atoms with Gasteiger partial charge in [0.15, 0.2) is 0 Å². The Hall–Kier alpha value is -1.63. The fourth-order valence-corrected chi connectivity index (χ4v) is 1.19. The molecular formula is C11H9N. The summed E-state index contributed by atoms with van der Waals surface area (Å²) in [4.78, 5) is 4.26. The van der Waals surface area contributed by atoms with Gasteiger partial charge in [0.2, 0.25) is 0 Å². The first-order chi connectivity index (χ1) is 5.86. The van der Waals surface area contributed by atoms with E-state index in [1.165, 1.54) is 0 Å². The van der Waals surface area contributed by atoms with E-state index in [1.54, 1.807) is 6.20 Å². The average molecular weight is 155 g/mol. The largest absolute Gasteiger partial charge is 0.256 e. The second kappa shape index (κ2) is 2.78. The Bertz CT molecular complexity index is 452. The van der Waals surface area contributed by atoms with Crippen molar-refractivity contribution < 1.29 is 0 Å². The summed E-state index contributed by atoms with van der Waals surface area (Å²) in [7, 11) is 0. The van der Waals surface area contributed by atoms with Gasteiger partial charge in [-0.3, -0.25) is 4.99 Å². The highest BCUT2D eigenvalue weighted by atomic mass is 14.7. The van der Waals surface area contributed by atoms with E-state index in [0.29, 0.717) is 0 Å². The van der Waals surface area contributed by atoms with Crippen LogP contribution in [0.1, 0.15) is 5.56 Å². The second-order valence-corrected chi connectivity index (χ2v) is 2.72. The van der Waals surface area contributed by atoms with Gasteiger partial charge in [-0.1, -0.05) is 24.8 Å². The van der Waals surface area contributed by atoms with Gasteiger partial charge < -0.3 is 0 Å². The van der Waals surface area contributed by atoms with Crippen LogP contribution in [0.5, 0.6) is 0 Å². The van der Waals surface area contributed by atoms with E-state index in [4.69, 9.17) is 0 Å². The lowest BCUT2D eigenvalue weighted by molar-refractivity contribution is 1.33. The maximum atomic E-state index is 4.26. The third-order valence-corrected chi connectivity index (χ3v) is 1.78. The summed E-state index contributed by atoms with van der Waals surface area (Å²) in [6.07, 6.45) is 7.74. The maximum Gasteiger partial charge on any atom is 0.0702 e. The van der Waals surface area contributed by atoms with E-state index in [9.17, 15) is 0 Å². The van der Waals surface area contributed by atoms with E-state index in [2.05, 4.69) is 11.6 Å². The third-order valence-electron chi connectivity index (χ3n) is 1.78. The smallest absolute Gasteiger partial charge is 0.0702 e. The first-order valence-electron chi connectivity index (χ1n) is 3.86. The fraction of sp³-hybridized carbons (Fsp3) is 0. The Morgan fingerprint density at radius 3 is 3.00 bits per heavy atom. The van der Waals surface area contributed by atoms with Crippen LogP contribution < -0.4 is 10.6 Å². The predicted octanol–water partition coefficient (Wildman–Crippen LogP) is 1.26. The highest BCUT2D eigenvalue weighted by Gasteiger charge is 1.91. The summed E-state index contributed by atoms with van der Waals surface area (Å²) < 4.78 is 0. The van der Waals surface area contributed by atoms with Crippen molar-refractivity contribution in [1.82, 2.24) is 0 Å². The molecule has 0 amide bonds. The maximum absolute atomic E-state index is 4.26. The first kappa shape index (κ1) is 7.04. The lowest BCUT2D eigenvalue weighted by atomic mass is 10.2. The van der Waals surface area contributed by atoms with Gasteiger partial charge in [0, 0.05) is 11.8 Å². The van der Waals surface area contributed by atoms with Gasteiger partial charge in [-0.2, -0.15) is 0 Å². The minimum atomic E-state index is 1.01. The Balaban J connectivity index is 2.79. The Morgan fingerprint density at radius 1 is 1.17 bits per heavy atom. The summed E-state index contributed by atoms with van der Waals surface area (Å²) in [5, 5.41) is 2.03. The zero-order valence-electron chi connectivity index (χ0n) is 6.70. The standard InChI is InChI=1S/C11H9N/c1-9-5-6-11-10(8-9)4-2-3-7-12-11/h2-8H,1H2. The van der Waals surface area contributed by atoms with Crippen molar-refractivity contribution in [2.24, 2.45) is 4.99 Å². The minimum Gasteiger partial charge on any atom is -0.256 e. The molecule has 1 aliphatic heterocycles. The van der Waals surface area contributed by atoms with Gasteiger partial charge in [0.25, 0.3) is 0 Å². The lowest BCUT2D eigenvalue weighted by Crippen LogP contribution is -2.10. The van der Waals surface area contributed by atoms with Crippen molar-refractivity contribution in [3.63, 3.8) is 0 Å². The van der Waals surface area contributed by atoms with Gasteiger partial charge >= 0.3 is 0 Å². The van der Waals surface area contributed by atoms with Crippen LogP contribution in [0.25, 0.3) is 12.7 Å². The van der Waals surface area contributed by atoms with Crippen LogP contribution in [0, 0.1) is 0 Å². The highest BCUT2D eigenvalue weighted by molar-refractivity contribution is 5.51. The molecule has 1 aliphatic rings. The molecule has 12 heavy (non-hydrogen) atoms. The van der Waals surface area contributed by atoms with Crippen molar-refractivity contribution >= 4 is 12.7 Å². The Labute approximate surface area is 71.1 Å². The number of nitrogens with zero attached hydrogens (tertiary/aromatic N) is 1. The van der Waals surface area contributed by atoms with Crippen LogP contribution in [-0.2, 0) is 0 Å². The normalized spacial score (nSPS) is 13.3. The topological polar surface area (TPSA) is 12.4 Å². The molecule has 0 bridgehead atoms. The number of allylic oxidation sites excluding steroid dienone is 2. The summed E-state index contributed by atoms with van der Waals surface area (Å²) in [6.45, 7) is 3.86. The molecular weight excluding hydrogens is 146 g/mol. The first-order valence-corrected chi connectivity index (χ1v) is 3.86. The van der Waals surface area contributed by atoms with Crippen molar-refractivity contribution in [2.45, 2.75) is 0 Å². The van der Waals surface area contributed by atoms with Crippen molar-refractivity contribution in [2.75, 3.05) is 0 Å². The van der Waals surface area contributed by atoms with Gasteiger partial charge in [-0.15, -0.1) is 0 Å². The summed E-state index contributed by atoms with van der Waals surface area (Å²) in [5.41, 5.74) is 1.13. The molecule has 2 rings (SSSR count). The molecule has 0 unspecified atom stereocenters. The van der Waals surface area contributed by atoms with Crippen LogP contribution >= 0.6 is 0 Å². The number of benzene rings is 1. The molecule has 0 saturated heterocycles. The van der Waals surface area contributed by atoms with Crippen LogP contribution in [0.2, 0.25) is 0 Å². The summed E-state index contributed by atoms with van der Waals surface area (Å²) in [5.74, 6) is 0. The van der Waals surface area contributed by atoms with E-state index in [1.807, 2.05) is 36.4 Å². The molecule has 0 aromatic heterocycles. The Kier molecular flexibility index (Phi) is 1.63. The SMILES string of the molecule is C=c1ccc2c(c1)C=CC=CN=2. The van der Waals surface area contributed by atoms with Crippen molar-refractivity contribution in [3.8, 4) is 0 Å². The predicted molar refractivity (Wildman–Crippen MR) is 50.9 cm³/mol. The van der Waals surface area contributed by atoms with E-state index < -0.39 is 0 Å². The third kappa shape index (κ3) is 1.21. The second-order valence-electron chi connectivity index (χ2n) is 2.72. The lowest BCUT2D eigenvalue weighted by Gasteiger charge is -1.91. The zero-order chi connectivity index (χ0) is 8.39. The average Bonchev–Trinajstić information content (AvgIpc) is 2.28. The number of rotatable bonds is 0. The zero-order valence-corrected chi connectivity index (χ0v) is 6.70. The van der Waals surface area contributed by atoms with E-state index in [-0.39, 0.29) is 0 Å². The fourth-order valence-electron chi connectivity index (χ4n) is 1.19. The van der Waals surface area contributed by atoms with E-state index in [0.717, 1.165) is 16.1 Å². The molecule has 1 aromatic rings. The van der Waals surface area contributed by atoms with Gasteiger partial charge in [-0.25, -0.2) is 0 Å². The van der Waals surface area contributed by atoms with Crippen LogP contribution in [0.4, 0.5) is 0 Å². The van der Waals surface area contributed by atoms with Gasteiger partial charge in [0.05, 0.1) is 5.36 Å². The molecule has 1 nitrogen and oxygen atoms in total. The van der Waals surface area contributed by atoms with Gasteiger partial charge in [0.1, 0.15) is 0 Å². The molecule has 0 spiro atoms. The Morgan fingerprint density at radius 2 is 2.08 bits per heavy atom. The molecule has 1 heterocycles. The molecule has 0 atom stereocenters. The van der Waals surface area contributed by atoms with Crippen LogP contribution in [0.3, 0.4) is 0 Å². The number of fused-ring (bicyclic) bond motifs is 1. The van der Waals surface area contributed by atoms with Crippen LogP contribution in [0.15, 0.2) is 41.5 Å². The highest BCUT2D eigenvalue weighted by Crippen LogP contribution is 1.95. The number of hydrogen-bond donors (Lipinski definition) is 0. The quantitative estimate of drug-likeness (QED) is 0.535. The molecule has 58 valence electrons. The van der Waals surface area contributed by atoms with Crippen molar-refractivity contribution in [3.05, 3.63) is 52.7 Å². The monoisotopic (exact) mass is 155 g/mol. The van der Waals surface area contributed by atoms with E-state index >= 15 is 0 Å². The molecule has 0 aliphatic carbocycles. The van der Waals surface area contributed by atoms with Crippen LogP contribution in [-0.4, -0.2) is 0 Å². The summed E-state index contributed by atoms with van der Waals surface area (Å²) >= 11 is 0. The molecule has 1 heteroatoms. The molecule has 0 saturated carbocycles. The van der Waals surface area contributed by atoms with Crippen molar-refractivity contribution in [1.29, 1.82) is 0 Å². The molecule has 0 radical (unpaired) electrons. The molecule has 1 aromatic carbocycles.